The second-order valence-electron chi connectivity index (χ2n) is 6.15. The zero-order chi connectivity index (χ0) is 18.2. The second-order valence-corrected chi connectivity index (χ2v) is 7.25. The minimum atomic E-state index is -1.29. The number of aliphatic carboxylic acids is 1. The van der Waals surface area contributed by atoms with Crippen LogP contribution in [-0.4, -0.2) is 43.8 Å². The highest BCUT2D eigenvalue weighted by Gasteiger charge is 2.43. The van der Waals surface area contributed by atoms with Crippen molar-refractivity contribution in [1.82, 2.24) is 15.1 Å². The van der Waals surface area contributed by atoms with Crippen LogP contribution in [0.15, 0.2) is 24.3 Å². The van der Waals surface area contributed by atoms with Crippen LogP contribution in [-0.2, 0) is 4.79 Å². The molecule has 1 aliphatic rings. The molecule has 25 heavy (non-hydrogen) atoms. The molecule has 0 aliphatic carbocycles. The SMILES string of the molecule is Cc1cc(C)n(-c2ccc(C(=O)NC3(C(=O)O)CCSC3)cc2F)n1. The summed E-state index contributed by atoms with van der Waals surface area (Å²) in [4.78, 5) is 23.9. The third kappa shape index (κ3) is 3.26. The van der Waals surface area contributed by atoms with Gasteiger partial charge in [-0.25, -0.2) is 13.9 Å². The minimum absolute atomic E-state index is 0.0836. The number of halogens is 1. The number of benzene rings is 1. The zero-order valence-corrected chi connectivity index (χ0v) is 14.7. The molecule has 0 spiro atoms. The molecule has 0 bridgehead atoms. The molecule has 3 rings (SSSR count). The maximum Gasteiger partial charge on any atom is 0.330 e. The highest BCUT2D eigenvalue weighted by molar-refractivity contribution is 7.99. The number of aryl methyl sites for hydroxylation is 2. The van der Waals surface area contributed by atoms with Crippen molar-refractivity contribution in [3.63, 3.8) is 0 Å². The van der Waals surface area contributed by atoms with Gasteiger partial charge in [0.1, 0.15) is 17.0 Å². The number of carbonyl (C=O) groups is 2. The number of carboxylic acid groups (broad SMARTS) is 1. The monoisotopic (exact) mass is 363 g/mol. The predicted octanol–water partition coefficient (Wildman–Crippen LogP) is 2.32. The van der Waals surface area contributed by atoms with Gasteiger partial charge in [0.2, 0.25) is 0 Å². The van der Waals surface area contributed by atoms with Crippen molar-refractivity contribution < 1.29 is 19.1 Å². The van der Waals surface area contributed by atoms with Crippen molar-refractivity contribution in [2.24, 2.45) is 0 Å². The van der Waals surface area contributed by atoms with E-state index in [0.717, 1.165) is 17.5 Å². The lowest BCUT2D eigenvalue weighted by Crippen LogP contribution is -2.54. The Kier molecular flexibility index (Phi) is 4.55. The van der Waals surface area contributed by atoms with Gasteiger partial charge in [-0.1, -0.05) is 0 Å². The normalized spacial score (nSPS) is 19.8. The fourth-order valence-electron chi connectivity index (χ4n) is 2.87. The standard InChI is InChI=1S/C17H18FN3O3S/c1-10-7-11(2)21(20-10)14-4-3-12(8-13(14)18)15(22)19-17(16(23)24)5-6-25-9-17/h3-4,7-8H,5-6,9H2,1-2H3,(H,19,22)(H,23,24). The number of nitrogens with one attached hydrogen (secondary N) is 1. The Morgan fingerprint density at radius 1 is 1.36 bits per heavy atom. The first-order valence-electron chi connectivity index (χ1n) is 7.79. The molecule has 2 N–H and O–H groups in total. The van der Waals surface area contributed by atoms with E-state index < -0.39 is 23.2 Å². The van der Waals surface area contributed by atoms with Gasteiger partial charge in [0.15, 0.2) is 0 Å². The molecule has 1 amide bonds. The van der Waals surface area contributed by atoms with Gasteiger partial charge in [-0.2, -0.15) is 16.9 Å². The maximum atomic E-state index is 14.5. The Hall–Kier alpha value is -2.35. The van der Waals surface area contributed by atoms with Crippen molar-refractivity contribution in [3.8, 4) is 5.69 Å². The predicted molar refractivity (Wildman–Crippen MR) is 92.8 cm³/mol. The summed E-state index contributed by atoms with van der Waals surface area (Å²) in [7, 11) is 0. The molecule has 2 aromatic rings. The lowest BCUT2D eigenvalue weighted by atomic mass is 9.98. The van der Waals surface area contributed by atoms with Gasteiger partial charge < -0.3 is 10.4 Å². The largest absolute Gasteiger partial charge is 0.479 e. The first-order valence-corrected chi connectivity index (χ1v) is 8.95. The fraction of sp³-hybridized carbons (Fsp3) is 0.353. The molecular formula is C17H18FN3O3S. The lowest BCUT2D eigenvalue weighted by molar-refractivity contribution is -0.143. The fourth-order valence-corrected chi connectivity index (χ4v) is 4.19. The van der Waals surface area contributed by atoms with Crippen LogP contribution < -0.4 is 5.32 Å². The number of carboxylic acids is 1. The summed E-state index contributed by atoms with van der Waals surface area (Å²) >= 11 is 1.47. The molecule has 6 nitrogen and oxygen atoms in total. The highest BCUT2D eigenvalue weighted by Crippen LogP contribution is 2.29. The number of carbonyl (C=O) groups excluding carboxylic acids is 1. The van der Waals surface area contributed by atoms with Gasteiger partial charge >= 0.3 is 5.97 Å². The Labute approximate surface area is 148 Å². The second kappa shape index (κ2) is 6.51. The van der Waals surface area contributed by atoms with Crippen LogP contribution in [0.2, 0.25) is 0 Å². The third-order valence-corrected chi connectivity index (χ3v) is 5.42. The molecule has 2 heterocycles. The molecule has 1 aromatic heterocycles. The van der Waals surface area contributed by atoms with Crippen molar-refractivity contribution in [2.45, 2.75) is 25.8 Å². The molecule has 1 saturated heterocycles. The van der Waals surface area contributed by atoms with Crippen molar-refractivity contribution >= 4 is 23.6 Å². The van der Waals surface area contributed by atoms with Gasteiger partial charge in [-0.3, -0.25) is 4.79 Å². The molecule has 0 saturated carbocycles. The first-order chi connectivity index (χ1) is 11.8. The van der Waals surface area contributed by atoms with Gasteiger partial charge in [-0.15, -0.1) is 0 Å². The van der Waals surface area contributed by atoms with E-state index in [9.17, 15) is 19.1 Å². The molecular weight excluding hydrogens is 345 g/mol. The molecule has 1 fully saturated rings. The average Bonchev–Trinajstić information content (AvgIpc) is 3.14. The summed E-state index contributed by atoms with van der Waals surface area (Å²) in [5, 5.41) is 16.2. The number of hydrogen-bond donors (Lipinski definition) is 2. The van der Waals surface area contributed by atoms with E-state index in [1.807, 2.05) is 19.9 Å². The molecule has 1 unspecified atom stereocenters. The smallest absolute Gasteiger partial charge is 0.330 e. The quantitative estimate of drug-likeness (QED) is 0.871. The number of hydrogen-bond acceptors (Lipinski definition) is 4. The number of thioether (sulfide) groups is 1. The van der Waals surface area contributed by atoms with E-state index in [0.29, 0.717) is 17.9 Å². The molecule has 0 radical (unpaired) electrons. The molecule has 1 aliphatic heterocycles. The summed E-state index contributed by atoms with van der Waals surface area (Å²) < 4.78 is 16.0. The van der Waals surface area contributed by atoms with E-state index in [4.69, 9.17) is 0 Å². The maximum absolute atomic E-state index is 14.5. The van der Waals surface area contributed by atoms with E-state index in [1.165, 1.54) is 28.6 Å². The Morgan fingerprint density at radius 3 is 2.64 bits per heavy atom. The number of aromatic nitrogens is 2. The van der Waals surface area contributed by atoms with Gasteiger partial charge in [0.25, 0.3) is 5.91 Å². The average molecular weight is 363 g/mol. The Morgan fingerprint density at radius 2 is 2.12 bits per heavy atom. The van der Waals surface area contributed by atoms with Crippen LogP contribution >= 0.6 is 11.8 Å². The topological polar surface area (TPSA) is 84.2 Å². The van der Waals surface area contributed by atoms with Crippen molar-refractivity contribution in [3.05, 3.63) is 47.0 Å². The van der Waals surface area contributed by atoms with Gasteiger partial charge in [0, 0.05) is 17.0 Å². The molecule has 132 valence electrons. The van der Waals surface area contributed by atoms with Crippen LogP contribution in [0.25, 0.3) is 5.69 Å². The summed E-state index contributed by atoms with van der Waals surface area (Å²) in [6.45, 7) is 3.63. The highest BCUT2D eigenvalue weighted by atomic mass is 32.2. The Bertz CT molecular complexity index is 844. The van der Waals surface area contributed by atoms with Crippen molar-refractivity contribution in [2.75, 3.05) is 11.5 Å². The van der Waals surface area contributed by atoms with E-state index >= 15 is 0 Å². The zero-order valence-electron chi connectivity index (χ0n) is 13.9. The minimum Gasteiger partial charge on any atom is -0.479 e. The molecule has 1 atom stereocenters. The van der Waals surface area contributed by atoms with Crippen LogP contribution in [0, 0.1) is 19.7 Å². The summed E-state index contributed by atoms with van der Waals surface area (Å²) in [6, 6.07) is 5.88. The van der Waals surface area contributed by atoms with E-state index in [-0.39, 0.29) is 11.3 Å². The van der Waals surface area contributed by atoms with Gasteiger partial charge in [-0.05, 0) is 50.3 Å². The number of rotatable bonds is 4. The third-order valence-electron chi connectivity index (χ3n) is 4.23. The van der Waals surface area contributed by atoms with Crippen LogP contribution in [0.1, 0.15) is 28.2 Å². The summed E-state index contributed by atoms with van der Waals surface area (Å²) in [6.07, 6.45) is 0.352. The molecule has 8 heteroatoms. The molecule has 1 aromatic carbocycles. The van der Waals surface area contributed by atoms with Gasteiger partial charge in [0.05, 0.1) is 5.69 Å². The Balaban J connectivity index is 1.86. The van der Waals surface area contributed by atoms with Crippen LogP contribution in [0.3, 0.4) is 0 Å². The summed E-state index contributed by atoms with van der Waals surface area (Å²) in [5.74, 6) is -1.28. The first kappa shape index (κ1) is 17.5. The van der Waals surface area contributed by atoms with E-state index in [2.05, 4.69) is 10.4 Å². The van der Waals surface area contributed by atoms with E-state index in [1.54, 1.807) is 0 Å². The number of nitrogens with zero attached hydrogens (tertiary/aromatic N) is 2. The van der Waals surface area contributed by atoms with Crippen molar-refractivity contribution in [1.29, 1.82) is 0 Å². The lowest BCUT2D eigenvalue weighted by Gasteiger charge is -2.24. The van der Waals surface area contributed by atoms with Crippen LogP contribution in [0.4, 0.5) is 4.39 Å². The van der Waals surface area contributed by atoms with Crippen LogP contribution in [0.5, 0.6) is 0 Å². The summed E-state index contributed by atoms with van der Waals surface area (Å²) in [5.41, 5.74) is 0.584. The number of amides is 1.